The van der Waals surface area contributed by atoms with E-state index in [1.165, 1.54) is 0 Å². The maximum atomic E-state index is 0. The van der Waals surface area contributed by atoms with Gasteiger partial charge in [-0.05, 0) is 0 Å². The van der Waals surface area contributed by atoms with Gasteiger partial charge < -0.3 is 0 Å². The molecule has 0 rings (SSSR count). The maximum Gasteiger partial charge on any atom is 0 e. The molecule has 0 aliphatic carbocycles. The van der Waals surface area contributed by atoms with Gasteiger partial charge in [0.2, 0.25) is 0 Å². The van der Waals surface area contributed by atoms with Crippen molar-refractivity contribution in [3.8, 4) is 0 Å². The molecule has 0 atom stereocenters. The second-order valence-corrected chi connectivity index (χ2v) is 0. The zero-order valence-electron chi connectivity index (χ0n) is 2.26. The Morgan fingerprint density at radius 2 is 1.00 bits per heavy atom. The third-order valence-electron chi connectivity index (χ3n) is 0. The summed E-state index contributed by atoms with van der Waals surface area (Å²) in [5.41, 5.74) is 0. The fourth-order valence-corrected chi connectivity index (χ4v) is 0. The molecule has 0 amide bonds. The summed E-state index contributed by atoms with van der Waals surface area (Å²) in [4.78, 5) is 0. The first-order valence-corrected chi connectivity index (χ1v) is 0. The SMILES string of the molecule is [Li].[Nb].[Ni].[Ti]. The molecule has 4 heavy (non-hydrogen) atoms. The van der Waals surface area contributed by atoms with Crippen molar-refractivity contribution in [3.63, 3.8) is 0 Å². The van der Waals surface area contributed by atoms with E-state index in [0.717, 1.165) is 0 Å². The van der Waals surface area contributed by atoms with Crippen molar-refractivity contribution in [1.82, 2.24) is 0 Å². The van der Waals surface area contributed by atoms with Gasteiger partial charge in [-0.15, -0.1) is 0 Å². The van der Waals surface area contributed by atoms with Gasteiger partial charge in [-0.1, -0.05) is 0 Å². The quantitative estimate of drug-likeness (QED) is 0.474. The second kappa shape index (κ2) is 17.7. The van der Waals surface area contributed by atoms with Crippen LogP contribution >= 0.6 is 0 Å². The molecule has 0 N–H and O–H groups in total. The molecule has 0 saturated carbocycles. The number of hydrogen-bond donors (Lipinski definition) is 0. The van der Waals surface area contributed by atoms with Crippen molar-refractivity contribution in [1.29, 1.82) is 0 Å². The summed E-state index contributed by atoms with van der Waals surface area (Å²) in [5, 5.41) is 0. The van der Waals surface area contributed by atoms with Crippen molar-refractivity contribution in [2.45, 2.75) is 0 Å². The zero-order valence-corrected chi connectivity index (χ0v) is 7.01. The average molecular weight is 206 g/mol. The first kappa shape index (κ1) is 31.1. The Labute approximate surface area is 78.4 Å². The topological polar surface area (TPSA) is 0 Å². The van der Waals surface area contributed by atoms with E-state index in [4.69, 9.17) is 0 Å². The first-order chi connectivity index (χ1) is 0. The molecule has 0 aromatic rings. The van der Waals surface area contributed by atoms with Gasteiger partial charge in [0.05, 0.1) is 0 Å². The molecule has 0 fully saturated rings. The van der Waals surface area contributed by atoms with Crippen LogP contribution in [-0.4, -0.2) is 18.9 Å². The number of hydrogen-bond acceptors (Lipinski definition) is 0. The fourth-order valence-electron chi connectivity index (χ4n) is 0. The fraction of sp³-hybridized carbons (Fsp3) is 0. The average Bonchev–Trinajstić information content (AvgIpc) is 0. The van der Waals surface area contributed by atoms with Gasteiger partial charge in [-0.3, -0.25) is 0 Å². The van der Waals surface area contributed by atoms with Crippen LogP contribution in [0.4, 0.5) is 0 Å². The Hall–Kier alpha value is 2.55. The monoisotopic (exact) mass is 206 g/mol. The van der Waals surface area contributed by atoms with Crippen molar-refractivity contribution in [2.75, 3.05) is 0 Å². The Morgan fingerprint density at radius 1 is 1.00 bits per heavy atom. The molecule has 20 valence electrons. The van der Waals surface area contributed by atoms with Gasteiger partial charge in [0.15, 0.2) is 0 Å². The van der Waals surface area contributed by atoms with E-state index in [2.05, 4.69) is 0 Å². The van der Waals surface area contributed by atoms with E-state index in [1.54, 1.807) is 0 Å². The molecule has 0 aromatic carbocycles. The molecule has 4 heteroatoms. The summed E-state index contributed by atoms with van der Waals surface area (Å²) in [6.45, 7) is 0. The maximum absolute atomic E-state index is 0. The summed E-state index contributed by atoms with van der Waals surface area (Å²) in [7, 11) is 0. The van der Waals surface area contributed by atoms with Gasteiger partial charge in [0.25, 0.3) is 0 Å². The normalized spacial score (nSPS) is 0. The van der Waals surface area contributed by atoms with Gasteiger partial charge in [-0.2, -0.15) is 0 Å². The molecule has 0 aliphatic heterocycles. The van der Waals surface area contributed by atoms with Crippen LogP contribution in [-0.2, 0) is 60.6 Å². The largest absolute Gasteiger partial charge is 0 e. The van der Waals surface area contributed by atoms with Crippen LogP contribution in [0.3, 0.4) is 0 Å². The molecular weight excluding hydrogens is 206 g/mol. The van der Waals surface area contributed by atoms with Crippen molar-refractivity contribution < 1.29 is 60.6 Å². The molecular formula is LiNbNiTi. The van der Waals surface area contributed by atoms with Gasteiger partial charge in [-0.25, -0.2) is 0 Å². The Bertz CT molecular complexity index is 8.00. The molecule has 0 saturated heterocycles. The van der Waals surface area contributed by atoms with Crippen LogP contribution in [0.15, 0.2) is 0 Å². The zero-order chi connectivity index (χ0) is 0. The van der Waals surface area contributed by atoms with Crippen LogP contribution in [0.2, 0.25) is 0 Å². The Kier molecular flexibility index (Phi) is 137. The van der Waals surface area contributed by atoms with E-state index < -0.39 is 0 Å². The van der Waals surface area contributed by atoms with Crippen molar-refractivity contribution in [3.05, 3.63) is 0 Å². The van der Waals surface area contributed by atoms with E-state index in [0.29, 0.717) is 0 Å². The molecule has 0 heterocycles. The minimum Gasteiger partial charge on any atom is 0 e. The van der Waals surface area contributed by atoms with Crippen LogP contribution in [0, 0.1) is 0 Å². The summed E-state index contributed by atoms with van der Waals surface area (Å²) in [5.74, 6) is 0. The Balaban J connectivity index is 0. The van der Waals surface area contributed by atoms with Gasteiger partial charge in [0, 0.05) is 79.5 Å². The molecule has 0 aliphatic rings. The molecule has 0 aromatic heterocycles. The number of rotatable bonds is 0. The third-order valence-corrected chi connectivity index (χ3v) is 0. The standard InChI is InChI=1S/Li.Nb.Ni.Ti. The Morgan fingerprint density at radius 3 is 1.00 bits per heavy atom. The van der Waals surface area contributed by atoms with Gasteiger partial charge >= 0.3 is 0 Å². The molecule has 0 unspecified atom stereocenters. The van der Waals surface area contributed by atoms with Gasteiger partial charge in [0.1, 0.15) is 0 Å². The third kappa shape index (κ3) is 8.82. The molecule has 2 radical (unpaired) electrons. The summed E-state index contributed by atoms with van der Waals surface area (Å²) >= 11 is 0. The van der Waals surface area contributed by atoms with Crippen molar-refractivity contribution >= 4 is 18.9 Å². The smallest absolute Gasteiger partial charge is 0 e. The van der Waals surface area contributed by atoms with E-state index in [9.17, 15) is 0 Å². The summed E-state index contributed by atoms with van der Waals surface area (Å²) < 4.78 is 0. The van der Waals surface area contributed by atoms with Crippen LogP contribution < -0.4 is 0 Å². The first-order valence-electron chi connectivity index (χ1n) is 0. The summed E-state index contributed by atoms with van der Waals surface area (Å²) in [6.07, 6.45) is 0. The minimum absolute atomic E-state index is 0. The van der Waals surface area contributed by atoms with Crippen LogP contribution in [0.5, 0.6) is 0 Å². The molecule has 0 spiro atoms. The second-order valence-electron chi connectivity index (χ2n) is 0. The van der Waals surface area contributed by atoms with E-state index in [-0.39, 0.29) is 79.5 Å². The van der Waals surface area contributed by atoms with Crippen LogP contribution in [0.25, 0.3) is 0 Å². The molecule has 0 bridgehead atoms. The van der Waals surface area contributed by atoms with Crippen LogP contribution in [0.1, 0.15) is 0 Å². The summed E-state index contributed by atoms with van der Waals surface area (Å²) in [6, 6.07) is 0. The predicted octanol–water partition coefficient (Wildman–Crippen LogP) is -0.388. The van der Waals surface area contributed by atoms with Crippen molar-refractivity contribution in [2.24, 2.45) is 0 Å². The van der Waals surface area contributed by atoms with E-state index in [1.807, 2.05) is 0 Å². The predicted molar refractivity (Wildman–Crippen MR) is 5.75 cm³/mol. The minimum atomic E-state index is 0. The molecule has 0 nitrogen and oxygen atoms in total. The van der Waals surface area contributed by atoms with E-state index >= 15 is 0 Å².